The fourth-order valence-electron chi connectivity index (χ4n) is 4.77. The summed E-state index contributed by atoms with van der Waals surface area (Å²) in [7, 11) is 1.85. The van der Waals surface area contributed by atoms with E-state index in [9.17, 15) is 9.90 Å². The Kier molecular flexibility index (Phi) is 8.10. The molecule has 0 bridgehead atoms. The van der Waals surface area contributed by atoms with Crippen molar-refractivity contribution in [1.29, 1.82) is 0 Å². The average Bonchev–Trinajstić information content (AvgIpc) is 2.77. The van der Waals surface area contributed by atoms with Gasteiger partial charge in [0.25, 0.3) is 5.91 Å². The number of phenolic OH excluding ortho intramolecular Hbond substituents is 1. The number of carbonyl (C=O) groups excluding carboxylic acids is 1. The molecule has 3 rings (SSSR count). The SMILES string of the molecule is C=CCN1CC(C)N(C(c2cccc(O)c2)c2cccc(C(=O)N(C)CCC)c2)CC1C. The predicted molar refractivity (Wildman–Crippen MR) is 131 cm³/mol. The van der Waals surface area contributed by atoms with Gasteiger partial charge in [0.15, 0.2) is 0 Å². The van der Waals surface area contributed by atoms with Crippen LogP contribution in [0, 0.1) is 0 Å². The number of carbonyl (C=O) groups is 1. The lowest BCUT2D eigenvalue weighted by Gasteiger charge is -2.47. The highest BCUT2D eigenvalue weighted by Crippen LogP contribution is 2.35. The Labute approximate surface area is 193 Å². The zero-order valence-electron chi connectivity index (χ0n) is 19.9. The Morgan fingerprint density at radius 2 is 1.84 bits per heavy atom. The molecule has 1 aliphatic rings. The Balaban J connectivity index is 2.01. The monoisotopic (exact) mass is 435 g/mol. The van der Waals surface area contributed by atoms with Crippen molar-refractivity contribution in [2.24, 2.45) is 0 Å². The average molecular weight is 436 g/mol. The molecule has 0 aromatic heterocycles. The number of nitrogens with zero attached hydrogens (tertiary/aromatic N) is 3. The summed E-state index contributed by atoms with van der Waals surface area (Å²) < 4.78 is 0. The van der Waals surface area contributed by atoms with E-state index in [0.29, 0.717) is 17.6 Å². The molecule has 2 aromatic rings. The van der Waals surface area contributed by atoms with Crippen molar-refractivity contribution in [2.45, 2.75) is 45.3 Å². The molecular weight excluding hydrogens is 398 g/mol. The first-order valence-corrected chi connectivity index (χ1v) is 11.6. The quantitative estimate of drug-likeness (QED) is 0.618. The van der Waals surface area contributed by atoms with Crippen molar-refractivity contribution < 1.29 is 9.90 Å². The minimum atomic E-state index is -0.0466. The molecule has 5 nitrogen and oxygen atoms in total. The lowest BCUT2D eigenvalue weighted by Crippen LogP contribution is -2.57. The summed E-state index contributed by atoms with van der Waals surface area (Å²) in [6.07, 6.45) is 2.89. The first kappa shape index (κ1) is 24.0. The molecule has 3 unspecified atom stereocenters. The number of hydrogen-bond donors (Lipinski definition) is 1. The van der Waals surface area contributed by atoms with Crippen molar-refractivity contribution in [3.63, 3.8) is 0 Å². The molecule has 172 valence electrons. The number of aromatic hydroxyl groups is 1. The van der Waals surface area contributed by atoms with Crippen LogP contribution in [0.5, 0.6) is 5.75 Å². The van der Waals surface area contributed by atoms with Crippen LogP contribution in [0.4, 0.5) is 0 Å². The van der Waals surface area contributed by atoms with Gasteiger partial charge in [0.05, 0.1) is 6.04 Å². The smallest absolute Gasteiger partial charge is 0.253 e. The fourth-order valence-corrected chi connectivity index (χ4v) is 4.77. The van der Waals surface area contributed by atoms with E-state index in [1.54, 1.807) is 11.0 Å². The second-order valence-corrected chi connectivity index (χ2v) is 8.99. The van der Waals surface area contributed by atoms with Gasteiger partial charge in [-0.3, -0.25) is 14.6 Å². The molecule has 2 aromatic carbocycles. The van der Waals surface area contributed by atoms with Crippen LogP contribution in [-0.4, -0.2) is 71.0 Å². The fraction of sp³-hybridized carbons (Fsp3) is 0.444. The Morgan fingerprint density at radius 1 is 1.16 bits per heavy atom. The Morgan fingerprint density at radius 3 is 2.50 bits per heavy atom. The highest BCUT2D eigenvalue weighted by atomic mass is 16.3. The summed E-state index contributed by atoms with van der Waals surface area (Å²) in [5.41, 5.74) is 2.81. The molecule has 1 aliphatic heterocycles. The minimum Gasteiger partial charge on any atom is -0.508 e. The molecule has 1 heterocycles. The van der Waals surface area contributed by atoms with Gasteiger partial charge in [-0.1, -0.05) is 37.3 Å². The van der Waals surface area contributed by atoms with Crippen LogP contribution in [0.15, 0.2) is 61.2 Å². The maximum Gasteiger partial charge on any atom is 0.253 e. The number of amides is 1. The van der Waals surface area contributed by atoms with Crippen LogP contribution < -0.4 is 0 Å². The van der Waals surface area contributed by atoms with Crippen LogP contribution in [0.25, 0.3) is 0 Å². The van der Waals surface area contributed by atoms with E-state index in [4.69, 9.17) is 0 Å². The molecule has 0 spiro atoms. The summed E-state index contributed by atoms with van der Waals surface area (Å²) in [6.45, 7) is 13.9. The predicted octanol–water partition coefficient (Wildman–Crippen LogP) is 4.54. The highest BCUT2D eigenvalue weighted by Gasteiger charge is 2.34. The van der Waals surface area contributed by atoms with Gasteiger partial charge < -0.3 is 10.0 Å². The van der Waals surface area contributed by atoms with Gasteiger partial charge in [0.2, 0.25) is 0 Å². The molecule has 1 saturated heterocycles. The molecule has 3 atom stereocenters. The molecule has 0 aliphatic carbocycles. The molecule has 1 N–H and O–H groups in total. The van der Waals surface area contributed by atoms with E-state index in [2.05, 4.69) is 49.3 Å². The molecule has 32 heavy (non-hydrogen) atoms. The zero-order chi connectivity index (χ0) is 23.3. The lowest BCUT2D eigenvalue weighted by molar-refractivity contribution is 0.0306. The lowest BCUT2D eigenvalue weighted by atomic mass is 9.92. The second kappa shape index (κ2) is 10.8. The zero-order valence-corrected chi connectivity index (χ0v) is 19.9. The largest absolute Gasteiger partial charge is 0.508 e. The minimum absolute atomic E-state index is 0.0422. The molecule has 0 radical (unpaired) electrons. The summed E-state index contributed by atoms with van der Waals surface area (Å²) in [5, 5.41) is 10.2. The summed E-state index contributed by atoms with van der Waals surface area (Å²) in [6, 6.07) is 16.1. The van der Waals surface area contributed by atoms with Crippen molar-refractivity contribution in [3.8, 4) is 5.75 Å². The normalized spacial score (nSPS) is 20.6. The number of phenols is 1. The second-order valence-electron chi connectivity index (χ2n) is 8.99. The first-order chi connectivity index (χ1) is 15.3. The first-order valence-electron chi connectivity index (χ1n) is 11.6. The van der Waals surface area contributed by atoms with Gasteiger partial charge in [0.1, 0.15) is 5.75 Å². The number of hydrogen-bond acceptors (Lipinski definition) is 4. The van der Waals surface area contributed by atoms with Gasteiger partial charge in [-0.15, -0.1) is 6.58 Å². The van der Waals surface area contributed by atoms with E-state index >= 15 is 0 Å². The molecule has 5 heteroatoms. The van der Waals surface area contributed by atoms with Crippen LogP contribution in [0.2, 0.25) is 0 Å². The number of rotatable bonds is 8. The molecule has 1 amide bonds. The van der Waals surface area contributed by atoms with Gasteiger partial charge in [-0.2, -0.15) is 0 Å². The standard InChI is InChI=1S/C27H37N3O2/c1-6-14-28(5)27(32)24-12-8-10-22(16-24)26(23-11-9-13-25(31)17-23)30-19-20(3)29(15-7-2)18-21(30)4/h7-13,16-17,20-21,26,31H,2,6,14-15,18-19H2,1,3-5H3. The number of benzene rings is 2. The topological polar surface area (TPSA) is 47.0 Å². The van der Waals surface area contributed by atoms with Crippen molar-refractivity contribution in [1.82, 2.24) is 14.7 Å². The van der Waals surface area contributed by atoms with Crippen LogP contribution in [-0.2, 0) is 0 Å². The number of piperazine rings is 1. The van der Waals surface area contributed by atoms with E-state index in [-0.39, 0.29) is 17.7 Å². The van der Waals surface area contributed by atoms with Crippen LogP contribution >= 0.6 is 0 Å². The molecular formula is C27H37N3O2. The van der Waals surface area contributed by atoms with Gasteiger partial charge in [-0.05, 0) is 55.7 Å². The van der Waals surface area contributed by atoms with Gasteiger partial charge in [0, 0.05) is 50.9 Å². The third-order valence-electron chi connectivity index (χ3n) is 6.40. The van der Waals surface area contributed by atoms with E-state index in [1.807, 2.05) is 43.5 Å². The summed E-state index contributed by atoms with van der Waals surface area (Å²) in [5.74, 6) is 0.300. The molecule has 1 fully saturated rings. The van der Waals surface area contributed by atoms with E-state index in [0.717, 1.165) is 43.7 Å². The van der Waals surface area contributed by atoms with Crippen LogP contribution in [0.1, 0.15) is 54.7 Å². The summed E-state index contributed by atoms with van der Waals surface area (Å²) >= 11 is 0. The third kappa shape index (κ3) is 5.40. The van der Waals surface area contributed by atoms with Crippen molar-refractivity contribution in [3.05, 3.63) is 77.9 Å². The van der Waals surface area contributed by atoms with Crippen molar-refractivity contribution >= 4 is 5.91 Å². The van der Waals surface area contributed by atoms with E-state index < -0.39 is 0 Å². The van der Waals surface area contributed by atoms with Crippen molar-refractivity contribution in [2.75, 3.05) is 33.2 Å². The maximum atomic E-state index is 13.0. The third-order valence-corrected chi connectivity index (χ3v) is 6.40. The Hall–Kier alpha value is -2.63. The van der Waals surface area contributed by atoms with E-state index in [1.165, 1.54) is 0 Å². The van der Waals surface area contributed by atoms with Gasteiger partial charge >= 0.3 is 0 Å². The summed E-state index contributed by atoms with van der Waals surface area (Å²) in [4.78, 5) is 19.7. The van der Waals surface area contributed by atoms with Gasteiger partial charge in [-0.25, -0.2) is 0 Å². The van der Waals surface area contributed by atoms with Crippen LogP contribution in [0.3, 0.4) is 0 Å². The Bertz CT molecular complexity index is 929. The highest BCUT2D eigenvalue weighted by molar-refractivity contribution is 5.94. The molecule has 0 saturated carbocycles. The maximum absolute atomic E-state index is 13.0.